The van der Waals surface area contributed by atoms with E-state index in [4.69, 9.17) is 0 Å². The molecule has 1 aliphatic heterocycles. The van der Waals surface area contributed by atoms with Gasteiger partial charge in [0.1, 0.15) is 5.78 Å². The number of ketones is 1. The minimum Gasteiger partial charge on any atom is -0.300 e. The van der Waals surface area contributed by atoms with Crippen LogP contribution >= 0.6 is 0 Å². The van der Waals surface area contributed by atoms with Crippen LogP contribution in [0, 0.1) is 13.8 Å². The van der Waals surface area contributed by atoms with Crippen molar-refractivity contribution in [3.05, 3.63) is 34.9 Å². The first kappa shape index (κ1) is 15.2. The van der Waals surface area contributed by atoms with E-state index in [-0.39, 0.29) is 0 Å². The predicted octanol–water partition coefficient (Wildman–Crippen LogP) is 4.03. The number of Topliss-reactive ketones (excluding diaryl/α,β-unsaturated/α-hetero) is 1. The highest BCUT2D eigenvalue weighted by molar-refractivity contribution is 5.76. The lowest BCUT2D eigenvalue weighted by atomic mass is 10.0. The lowest BCUT2D eigenvalue weighted by molar-refractivity contribution is -0.118. The highest BCUT2D eigenvalue weighted by atomic mass is 16.1. The molecule has 20 heavy (non-hydrogen) atoms. The Morgan fingerprint density at radius 3 is 2.80 bits per heavy atom. The fraction of sp³-hybridized carbons (Fsp3) is 0.611. The van der Waals surface area contributed by atoms with Crippen molar-refractivity contribution >= 4 is 5.78 Å². The van der Waals surface area contributed by atoms with E-state index in [2.05, 4.69) is 36.9 Å². The number of likely N-dealkylation sites (tertiary alicyclic amines) is 1. The summed E-state index contributed by atoms with van der Waals surface area (Å²) in [6, 6.07) is 7.12. The minimum absolute atomic E-state index is 0.322. The largest absolute Gasteiger partial charge is 0.300 e. The molecule has 0 radical (unpaired) electrons. The third kappa shape index (κ3) is 4.17. The molecule has 0 aromatic heterocycles. The summed E-state index contributed by atoms with van der Waals surface area (Å²) in [6.45, 7) is 8.18. The molecular formula is C18H27NO. The summed E-state index contributed by atoms with van der Waals surface area (Å²) >= 11 is 0. The zero-order valence-electron chi connectivity index (χ0n) is 13.1. The summed E-state index contributed by atoms with van der Waals surface area (Å²) in [6.07, 6.45) is 5.72. The minimum atomic E-state index is 0.322. The molecule has 1 unspecified atom stereocenters. The van der Waals surface area contributed by atoms with Gasteiger partial charge in [0.15, 0.2) is 0 Å². The molecule has 2 rings (SSSR count). The van der Waals surface area contributed by atoms with E-state index in [0.717, 1.165) is 13.1 Å². The van der Waals surface area contributed by atoms with Gasteiger partial charge in [-0.1, -0.05) is 36.6 Å². The van der Waals surface area contributed by atoms with Crippen molar-refractivity contribution < 1.29 is 4.79 Å². The zero-order chi connectivity index (χ0) is 14.5. The third-order valence-electron chi connectivity index (χ3n) is 4.40. The molecule has 0 N–H and O–H groups in total. The first-order chi connectivity index (χ1) is 9.56. The van der Waals surface area contributed by atoms with Crippen LogP contribution in [0.1, 0.15) is 55.7 Å². The topological polar surface area (TPSA) is 20.3 Å². The molecule has 1 aromatic carbocycles. The van der Waals surface area contributed by atoms with Crippen molar-refractivity contribution in [3.8, 4) is 0 Å². The Balaban J connectivity index is 2.14. The lowest BCUT2D eigenvalue weighted by Crippen LogP contribution is -2.35. The fourth-order valence-electron chi connectivity index (χ4n) is 3.20. The molecule has 1 heterocycles. The SMILES string of the molecule is CC(=O)CC1CCCCCN1Cc1cc(C)ccc1C. The van der Waals surface area contributed by atoms with Crippen LogP contribution in [0.15, 0.2) is 18.2 Å². The van der Waals surface area contributed by atoms with Gasteiger partial charge >= 0.3 is 0 Å². The molecule has 1 saturated heterocycles. The second-order valence-corrected chi connectivity index (χ2v) is 6.31. The average Bonchev–Trinajstić information content (AvgIpc) is 2.59. The molecular weight excluding hydrogens is 246 g/mol. The average molecular weight is 273 g/mol. The van der Waals surface area contributed by atoms with Crippen LogP contribution in [0.3, 0.4) is 0 Å². The van der Waals surface area contributed by atoms with Crippen LogP contribution in [-0.2, 0) is 11.3 Å². The predicted molar refractivity (Wildman–Crippen MR) is 83.9 cm³/mol. The molecule has 0 spiro atoms. The number of nitrogens with zero attached hydrogens (tertiary/aromatic N) is 1. The van der Waals surface area contributed by atoms with Crippen LogP contribution in [0.5, 0.6) is 0 Å². The van der Waals surface area contributed by atoms with E-state index in [9.17, 15) is 4.79 Å². The lowest BCUT2D eigenvalue weighted by Gasteiger charge is -2.30. The standard InChI is InChI=1S/C18H27NO/c1-14-8-9-15(2)17(11-14)13-19-10-6-4-5-7-18(19)12-16(3)20/h8-9,11,18H,4-7,10,12-13H2,1-3H3. The summed E-state index contributed by atoms with van der Waals surface area (Å²) in [7, 11) is 0. The Morgan fingerprint density at radius 1 is 1.25 bits per heavy atom. The van der Waals surface area contributed by atoms with Gasteiger partial charge in [-0.15, -0.1) is 0 Å². The first-order valence-electron chi connectivity index (χ1n) is 7.86. The van der Waals surface area contributed by atoms with Crippen LogP contribution in [-0.4, -0.2) is 23.3 Å². The van der Waals surface area contributed by atoms with Gasteiger partial charge in [-0.2, -0.15) is 0 Å². The van der Waals surface area contributed by atoms with Gasteiger partial charge in [-0.3, -0.25) is 9.69 Å². The number of hydrogen-bond donors (Lipinski definition) is 0. The molecule has 110 valence electrons. The number of carbonyl (C=O) groups excluding carboxylic acids is 1. The van der Waals surface area contributed by atoms with E-state index in [0.29, 0.717) is 18.2 Å². The molecule has 2 heteroatoms. The molecule has 1 fully saturated rings. The Hall–Kier alpha value is -1.15. The highest BCUT2D eigenvalue weighted by Gasteiger charge is 2.22. The van der Waals surface area contributed by atoms with Gasteiger partial charge in [0, 0.05) is 19.0 Å². The Labute approximate surface area is 123 Å². The quantitative estimate of drug-likeness (QED) is 0.825. The summed E-state index contributed by atoms with van der Waals surface area (Å²) in [5.74, 6) is 0.322. The first-order valence-corrected chi connectivity index (χ1v) is 7.86. The van der Waals surface area contributed by atoms with Crippen LogP contribution < -0.4 is 0 Å². The van der Waals surface area contributed by atoms with Crippen molar-refractivity contribution in [1.82, 2.24) is 4.90 Å². The van der Waals surface area contributed by atoms with Crippen molar-refractivity contribution in [1.29, 1.82) is 0 Å². The zero-order valence-corrected chi connectivity index (χ0v) is 13.1. The van der Waals surface area contributed by atoms with E-state index in [1.165, 1.54) is 42.4 Å². The number of carbonyl (C=O) groups is 1. The molecule has 0 saturated carbocycles. The number of aryl methyl sites for hydroxylation is 2. The molecule has 0 bridgehead atoms. The fourth-order valence-corrected chi connectivity index (χ4v) is 3.20. The van der Waals surface area contributed by atoms with Gasteiger partial charge in [0.05, 0.1) is 0 Å². The van der Waals surface area contributed by atoms with Crippen LogP contribution in [0.25, 0.3) is 0 Å². The monoisotopic (exact) mass is 273 g/mol. The van der Waals surface area contributed by atoms with E-state index in [1.54, 1.807) is 6.92 Å². The summed E-state index contributed by atoms with van der Waals surface area (Å²) in [5, 5.41) is 0. The number of hydrogen-bond acceptors (Lipinski definition) is 2. The smallest absolute Gasteiger partial charge is 0.131 e. The summed E-state index contributed by atoms with van der Waals surface area (Å²) < 4.78 is 0. The molecule has 1 atom stereocenters. The van der Waals surface area contributed by atoms with Gasteiger partial charge < -0.3 is 0 Å². The van der Waals surface area contributed by atoms with Gasteiger partial charge in [-0.05, 0) is 51.3 Å². The van der Waals surface area contributed by atoms with E-state index in [1.807, 2.05) is 0 Å². The van der Waals surface area contributed by atoms with Crippen LogP contribution in [0.4, 0.5) is 0 Å². The second-order valence-electron chi connectivity index (χ2n) is 6.31. The van der Waals surface area contributed by atoms with E-state index < -0.39 is 0 Å². The van der Waals surface area contributed by atoms with Crippen molar-refractivity contribution in [2.45, 2.75) is 65.5 Å². The number of benzene rings is 1. The maximum atomic E-state index is 11.5. The number of rotatable bonds is 4. The summed E-state index contributed by atoms with van der Waals surface area (Å²) in [5.41, 5.74) is 4.10. The van der Waals surface area contributed by atoms with Crippen molar-refractivity contribution in [3.63, 3.8) is 0 Å². The Morgan fingerprint density at radius 2 is 2.05 bits per heavy atom. The van der Waals surface area contributed by atoms with Crippen molar-refractivity contribution in [2.24, 2.45) is 0 Å². The maximum Gasteiger partial charge on any atom is 0.131 e. The summed E-state index contributed by atoms with van der Waals surface area (Å²) in [4.78, 5) is 14.1. The highest BCUT2D eigenvalue weighted by Crippen LogP contribution is 2.23. The molecule has 2 nitrogen and oxygen atoms in total. The molecule has 1 aliphatic rings. The van der Waals surface area contributed by atoms with Crippen LogP contribution in [0.2, 0.25) is 0 Å². The molecule has 1 aromatic rings. The van der Waals surface area contributed by atoms with E-state index >= 15 is 0 Å². The third-order valence-corrected chi connectivity index (χ3v) is 4.40. The molecule has 0 aliphatic carbocycles. The second kappa shape index (κ2) is 7.03. The normalized spacial score (nSPS) is 20.6. The Bertz CT molecular complexity index is 466. The van der Waals surface area contributed by atoms with Gasteiger partial charge in [0.2, 0.25) is 0 Å². The van der Waals surface area contributed by atoms with Crippen molar-refractivity contribution in [2.75, 3.05) is 6.54 Å². The molecule has 0 amide bonds. The Kier molecular flexibility index (Phi) is 5.36. The maximum absolute atomic E-state index is 11.5. The van der Waals surface area contributed by atoms with Gasteiger partial charge in [-0.25, -0.2) is 0 Å². The van der Waals surface area contributed by atoms with Gasteiger partial charge in [0.25, 0.3) is 0 Å².